The number of carbonyl (C=O) groups is 2. The van der Waals surface area contributed by atoms with Gasteiger partial charge in [0.25, 0.3) is 0 Å². The fraction of sp³-hybridized carbons (Fsp3) is 0.214. The van der Waals surface area contributed by atoms with Crippen LogP contribution in [-0.2, 0) is 14.9 Å². The summed E-state index contributed by atoms with van der Waals surface area (Å²) in [7, 11) is 0. The summed E-state index contributed by atoms with van der Waals surface area (Å²) >= 11 is 3.06. The van der Waals surface area contributed by atoms with E-state index in [9.17, 15) is 14.7 Å². The van der Waals surface area contributed by atoms with E-state index in [1.807, 2.05) is 74.5 Å². The van der Waals surface area contributed by atoms with Crippen molar-refractivity contribution < 1.29 is 23.8 Å². The van der Waals surface area contributed by atoms with Crippen LogP contribution in [0.4, 0.5) is 10.5 Å². The number of benzene rings is 2. The fourth-order valence-electron chi connectivity index (χ4n) is 4.62. The summed E-state index contributed by atoms with van der Waals surface area (Å²) in [5.41, 5.74) is 2.52. The number of aryl methyl sites for hydroxylation is 1. The monoisotopic (exact) mass is 517 g/mol. The van der Waals surface area contributed by atoms with Crippen LogP contribution in [0.2, 0.25) is 0 Å². The van der Waals surface area contributed by atoms with Crippen molar-refractivity contribution in [3.63, 3.8) is 0 Å². The normalized spacial score (nSPS) is 15.2. The Kier molecular flexibility index (Phi) is 5.39. The van der Waals surface area contributed by atoms with Gasteiger partial charge in [0.15, 0.2) is 5.76 Å². The van der Waals surface area contributed by atoms with Gasteiger partial charge in [0.05, 0.1) is 14.6 Å². The van der Waals surface area contributed by atoms with Crippen LogP contribution in [-0.4, -0.2) is 17.2 Å². The van der Waals surface area contributed by atoms with Gasteiger partial charge in [0.1, 0.15) is 17.1 Å². The molecule has 8 heteroatoms. The third-order valence-corrected chi connectivity index (χ3v) is 9.40. The Balaban J connectivity index is 1.32. The van der Waals surface area contributed by atoms with E-state index in [0.29, 0.717) is 29.9 Å². The second-order valence-electron chi connectivity index (χ2n) is 9.18. The lowest BCUT2D eigenvalue weighted by atomic mass is 10.1. The summed E-state index contributed by atoms with van der Waals surface area (Å²) in [6.07, 6.45) is 0.395. The Labute approximate surface area is 215 Å². The number of para-hydroxylation sites is 1. The average Bonchev–Trinajstić information content (AvgIpc) is 3.25. The second kappa shape index (κ2) is 8.50. The minimum Gasteiger partial charge on any atom is -0.481 e. The van der Waals surface area contributed by atoms with Crippen LogP contribution >= 0.6 is 22.7 Å². The average molecular weight is 518 g/mol. The van der Waals surface area contributed by atoms with Crippen molar-refractivity contribution in [2.24, 2.45) is 0 Å². The lowest BCUT2D eigenvalue weighted by Crippen LogP contribution is -2.17. The molecule has 1 aliphatic carbocycles. The number of amides is 1. The molecular formula is C28H23NO5S2. The van der Waals surface area contributed by atoms with Gasteiger partial charge in [-0.05, 0) is 62.1 Å². The Morgan fingerprint density at radius 1 is 1.08 bits per heavy atom. The number of aliphatic carboxylic acids is 1. The highest BCUT2D eigenvalue weighted by Crippen LogP contribution is 2.54. The molecule has 182 valence electrons. The molecule has 6 nitrogen and oxygen atoms in total. The molecule has 3 aromatic heterocycles. The predicted molar refractivity (Wildman–Crippen MR) is 143 cm³/mol. The quantitative estimate of drug-likeness (QED) is 0.237. The molecule has 2 aromatic carbocycles. The maximum Gasteiger partial charge on any atom is 0.412 e. The molecule has 1 amide bonds. The van der Waals surface area contributed by atoms with Crippen LogP contribution in [0.15, 0.2) is 65.1 Å². The van der Waals surface area contributed by atoms with Gasteiger partial charge in [-0.2, -0.15) is 0 Å². The number of ether oxygens (including phenoxy) is 1. The van der Waals surface area contributed by atoms with Crippen LogP contribution in [0, 0.1) is 6.92 Å². The zero-order chi connectivity index (χ0) is 25.0. The first-order valence-electron chi connectivity index (χ1n) is 11.7. The molecule has 5 aromatic rings. The first kappa shape index (κ1) is 22.8. The zero-order valence-corrected chi connectivity index (χ0v) is 21.3. The Bertz CT molecular complexity index is 1610. The van der Waals surface area contributed by atoms with Crippen molar-refractivity contribution in [1.29, 1.82) is 0 Å². The smallest absolute Gasteiger partial charge is 0.412 e. The van der Waals surface area contributed by atoms with Crippen molar-refractivity contribution in [3.05, 3.63) is 76.7 Å². The van der Waals surface area contributed by atoms with Gasteiger partial charge in [-0.3, -0.25) is 10.1 Å². The highest BCUT2D eigenvalue weighted by molar-refractivity contribution is 7.39. The minimum absolute atomic E-state index is 0.415. The number of hydrogen-bond acceptors (Lipinski definition) is 6. The predicted octanol–water partition coefficient (Wildman–Crippen LogP) is 8.11. The number of carboxylic acids is 1. The number of thiophene rings is 2. The van der Waals surface area contributed by atoms with Crippen LogP contribution < -0.4 is 5.32 Å². The van der Waals surface area contributed by atoms with Gasteiger partial charge in [0, 0.05) is 15.6 Å². The topological polar surface area (TPSA) is 88.8 Å². The van der Waals surface area contributed by atoms with Crippen molar-refractivity contribution in [2.75, 3.05) is 5.32 Å². The van der Waals surface area contributed by atoms with Gasteiger partial charge in [-0.1, -0.05) is 36.4 Å². The molecule has 0 radical (unpaired) electrons. The molecule has 0 saturated heterocycles. The molecular weight excluding hydrogens is 494 g/mol. The number of nitrogens with one attached hydrogen (secondary N) is 1. The maximum absolute atomic E-state index is 13.0. The number of carboxylic acid groups (broad SMARTS) is 1. The highest BCUT2D eigenvalue weighted by Gasteiger charge is 2.53. The molecule has 0 spiro atoms. The Morgan fingerprint density at radius 2 is 1.83 bits per heavy atom. The van der Waals surface area contributed by atoms with Gasteiger partial charge in [0.2, 0.25) is 0 Å². The summed E-state index contributed by atoms with van der Waals surface area (Å²) in [4.78, 5) is 26.5. The van der Waals surface area contributed by atoms with Crippen molar-refractivity contribution >= 4 is 60.8 Å². The first-order chi connectivity index (χ1) is 17.4. The maximum atomic E-state index is 13.0. The fourth-order valence-corrected chi connectivity index (χ4v) is 7.29. The number of carbonyl (C=O) groups excluding carboxylic acids is 1. The molecule has 36 heavy (non-hydrogen) atoms. The Morgan fingerprint density at radius 3 is 2.56 bits per heavy atom. The molecule has 6 rings (SSSR count). The van der Waals surface area contributed by atoms with Crippen LogP contribution in [0.5, 0.6) is 0 Å². The van der Waals surface area contributed by atoms with E-state index in [0.717, 1.165) is 35.7 Å². The van der Waals surface area contributed by atoms with E-state index >= 15 is 0 Å². The number of fused-ring (bicyclic) bond motifs is 2. The van der Waals surface area contributed by atoms with Crippen molar-refractivity contribution in [2.45, 2.75) is 38.2 Å². The molecule has 3 heterocycles. The SMILES string of the molecule is Cc1ccccc1C(C)OC(=O)Nc1c(-c2cc3cc(C4(C(=O)O)CC4)sc3s2)oc2ccccc12. The van der Waals surface area contributed by atoms with E-state index in [1.165, 1.54) is 22.7 Å². The lowest BCUT2D eigenvalue weighted by molar-refractivity contribution is -0.139. The van der Waals surface area contributed by atoms with Crippen LogP contribution in [0.1, 0.15) is 41.9 Å². The summed E-state index contributed by atoms with van der Waals surface area (Å²) in [6.45, 7) is 3.84. The summed E-state index contributed by atoms with van der Waals surface area (Å²) in [6, 6.07) is 19.4. The van der Waals surface area contributed by atoms with E-state index in [-0.39, 0.29) is 0 Å². The van der Waals surface area contributed by atoms with Gasteiger partial charge in [-0.25, -0.2) is 4.79 Å². The molecule has 1 atom stereocenters. The molecule has 1 aliphatic rings. The standard InChI is InChI=1S/C28H23NO5S2/c1-15-7-3-4-8-18(15)16(2)33-27(32)29-23-19-9-5-6-10-20(19)34-24(23)21-13-17-14-22(36-25(17)35-21)28(11-12-28)26(30)31/h3-10,13-14,16H,11-12H2,1-2H3,(H,29,32)(H,30,31). The second-order valence-corrected chi connectivity index (χ2v) is 11.5. The lowest BCUT2D eigenvalue weighted by Gasteiger charge is -2.16. The van der Waals surface area contributed by atoms with Gasteiger partial charge < -0.3 is 14.3 Å². The van der Waals surface area contributed by atoms with Crippen molar-refractivity contribution in [1.82, 2.24) is 0 Å². The van der Waals surface area contributed by atoms with Gasteiger partial charge in [-0.15, -0.1) is 22.7 Å². The molecule has 1 unspecified atom stereocenters. The molecule has 1 saturated carbocycles. The van der Waals surface area contributed by atoms with E-state index in [1.54, 1.807) is 0 Å². The first-order valence-corrected chi connectivity index (χ1v) is 13.3. The van der Waals surface area contributed by atoms with E-state index < -0.39 is 23.6 Å². The Hall–Kier alpha value is -3.62. The molecule has 2 N–H and O–H groups in total. The zero-order valence-electron chi connectivity index (χ0n) is 19.7. The third-order valence-electron chi connectivity index (χ3n) is 6.80. The molecule has 0 bridgehead atoms. The van der Waals surface area contributed by atoms with E-state index in [2.05, 4.69) is 5.32 Å². The molecule has 0 aliphatic heterocycles. The minimum atomic E-state index is -0.751. The number of furan rings is 1. The number of hydrogen-bond donors (Lipinski definition) is 2. The van der Waals surface area contributed by atoms with E-state index in [4.69, 9.17) is 9.15 Å². The summed E-state index contributed by atoms with van der Waals surface area (Å²) in [5, 5.41) is 14.3. The molecule has 1 fully saturated rings. The van der Waals surface area contributed by atoms with Crippen LogP contribution in [0.3, 0.4) is 0 Å². The number of anilines is 1. The summed E-state index contributed by atoms with van der Waals surface area (Å²) < 4.78 is 12.9. The van der Waals surface area contributed by atoms with Gasteiger partial charge >= 0.3 is 12.1 Å². The van der Waals surface area contributed by atoms with Crippen molar-refractivity contribution in [3.8, 4) is 10.6 Å². The number of rotatable bonds is 6. The highest BCUT2D eigenvalue weighted by atomic mass is 32.2. The summed E-state index contributed by atoms with van der Waals surface area (Å²) in [5.74, 6) is -0.190. The third kappa shape index (κ3) is 3.77. The van der Waals surface area contributed by atoms with Crippen LogP contribution in [0.25, 0.3) is 31.0 Å². The largest absolute Gasteiger partial charge is 0.481 e.